The van der Waals surface area contributed by atoms with Crippen molar-refractivity contribution >= 4 is 22.7 Å². The normalized spacial score (nSPS) is 8.09. The molecule has 0 aliphatic rings. The summed E-state index contributed by atoms with van der Waals surface area (Å²) in [6, 6.07) is 6.45. The van der Waals surface area contributed by atoms with Crippen molar-refractivity contribution < 1.29 is 0 Å². The van der Waals surface area contributed by atoms with Crippen LogP contribution in [0.3, 0.4) is 0 Å². The zero-order chi connectivity index (χ0) is 16.0. The Bertz CT molecular complexity index is 318. The van der Waals surface area contributed by atoms with Gasteiger partial charge < -0.3 is 0 Å². The van der Waals surface area contributed by atoms with Crippen molar-refractivity contribution in [3.8, 4) is 0 Å². The molecule has 2 aromatic rings. The number of rotatable bonds is 2. The molecule has 0 fully saturated rings. The molecular formula is C20H40S2. The fraction of sp³-hybridized carbons (Fsp3) is 0.600. The van der Waals surface area contributed by atoms with Gasteiger partial charge >= 0.3 is 0 Å². The predicted octanol–water partition coefficient (Wildman–Crippen LogP) is 9.07. The van der Waals surface area contributed by atoms with E-state index in [0.29, 0.717) is 11.8 Å². The summed E-state index contributed by atoms with van der Waals surface area (Å²) in [7, 11) is 0. The summed E-state index contributed by atoms with van der Waals surface area (Å²) < 4.78 is 0. The molecule has 2 aromatic heterocycles. The maximum absolute atomic E-state index is 2.21. The van der Waals surface area contributed by atoms with Gasteiger partial charge in [0, 0.05) is 4.88 Å². The maximum atomic E-state index is 2.21. The van der Waals surface area contributed by atoms with Crippen LogP contribution in [0.25, 0.3) is 0 Å². The highest BCUT2D eigenvalue weighted by Gasteiger charge is 1.96. The molecule has 0 radical (unpaired) electrons. The summed E-state index contributed by atoms with van der Waals surface area (Å²) in [5.41, 5.74) is 1.45. The Morgan fingerprint density at radius 2 is 1.32 bits per heavy atom. The Hall–Kier alpha value is -0.600. The maximum Gasteiger partial charge on any atom is 0.00706 e. The second kappa shape index (κ2) is 20.4. The van der Waals surface area contributed by atoms with Crippen LogP contribution in [0.1, 0.15) is 92.5 Å². The molecule has 132 valence electrons. The van der Waals surface area contributed by atoms with E-state index in [9.17, 15) is 0 Å². The summed E-state index contributed by atoms with van der Waals surface area (Å²) in [5, 5.41) is 6.44. The number of hydrogen-bond acceptors (Lipinski definition) is 2. The lowest BCUT2D eigenvalue weighted by molar-refractivity contribution is 0.872. The molecule has 0 nitrogen and oxygen atoms in total. The first-order chi connectivity index (χ1) is 9.61. The molecule has 0 aliphatic heterocycles. The largest absolute Gasteiger partial charge is 0.152 e. The van der Waals surface area contributed by atoms with E-state index >= 15 is 0 Å². The van der Waals surface area contributed by atoms with Crippen LogP contribution in [0.15, 0.2) is 34.3 Å². The molecule has 0 saturated heterocycles. The van der Waals surface area contributed by atoms with Gasteiger partial charge in [-0.1, -0.05) is 76.3 Å². The smallest absolute Gasteiger partial charge is 0.00706 e. The van der Waals surface area contributed by atoms with Crippen molar-refractivity contribution in [1.29, 1.82) is 0 Å². The predicted molar refractivity (Wildman–Crippen MR) is 113 cm³/mol. The molecule has 0 bridgehead atoms. The molecule has 0 unspecified atom stereocenters. The third kappa shape index (κ3) is 14.3. The lowest BCUT2D eigenvalue weighted by Crippen LogP contribution is -1.79. The van der Waals surface area contributed by atoms with Crippen LogP contribution in [0.4, 0.5) is 0 Å². The van der Waals surface area contributed by atoms with Crippen LogP contribution < -0.4 is 0 Å². The van der Waals surface area contributed by atoms with Crippen LogP contribution >= 0.6 is 22.7 Å². The number of thiophene rings is 2. The minimum atomic E-state index is 0. The minimum absolute atomic E-state index is 0. The van der Waals surface area contributed by atoms with Crippen LogP contribution in [0, 0.1) is 0 Å². The van der Waals surface area contributed by atoms with Gasteiger partial charge in [0.05, 0.1) is 0 Å². The van der Waals surface area contributed by atoms with Crippen LogP contribution in [0.2, 0.25) is 0 Å². The second-order valence-electron chi connectivity index (χ2n) is 4.38. The van der Waals surface area contributed by atoms with Gasteiger partial charge in [0.25, 0.3) is 0 Å². The summed E-state index contributed by atoms with van der Waals surface area (Å²) in [6.07, 6.45) is 0. The second-order valence-corrected chi connectivity index (χ2v) is 6.14. The quantitative estimate of drug-likeness (QED) is 0.509. The molecule has 0 spiro atoms. The van der Waals surface area contributed by atoms with E-state index < -0.39 is 0 Å². The van der Waals surface area contributed by atoms with E-state index in [-0.39, 0.29) is 14.9 Å². The van der Waals surface area contributed by atoms with E-state index in [1.165, 1.54) is 10.4 Å². The van der Waals surface area contributed by atoms with E-state index in [1.807, 2.05) is 39.0 Å². The summed E-state index contributed by atoms with van der Waals surface area (Å²) in [5.74, 6) is 1.40. The molecule has 0 aromatic carbocycles. The fourth-order valence-corrected chi connectivity index (χ4v) is 2.79. The standard InChI is InChI=1S/2C7H10S.2C2H6.2CH4/c1-6(2)7-3-4-8-5-7;1-6(2)7-4-3-5-8-7;2*1-2;;/h2*3-6H,1-2H3;2*1-2H3;2*1H4. The first-order valence-electron chi connectivity index (χ1n) is 7.66. The highest BCUT2D eigenvalue weighted by Crippen LogP contribution is 2.18. The van der Waals surface area contributed by atoms with Gasteiger partial charge in [-0.2, -0.15) is 11.3 Å². The van der Waals surface area contributed by atoms with Crippen molar-refractivity contribution in [2.24, 2.45) is 0 Å². The van der Waals surface area contributed by atoms with Gasteiger partial charge in [-0.15, -0.1) is 11.3 Å². The molecular weight excluding hydrogens is 304 g/mol. The van der Waals surface area contributed by atoms with Crippen molar-refractivity contribution in [1.82, 2.24) is 0 Å². The Morgan fingerprint density at radius 1 is 0.773 bits per heavy atom. The Labute approximate surface area is 149 Å². The first-order valence-corrected chi connectivity index (χ1v) is 9.49. The molecule has 2 heterocycles. The summed E-state index contributed by atoms with van der Waals surface area (Å²) in [6.45, 7) is 16.8. The zero-order valence-corrected chi connectivity index (χ0v) is 16.1. The average Bonchev–Trinajstić information content (AvgIpc) is 3.17. The Kier molecular flexibility index (Phi) is 27.3. The minimum Gasteiger partial charge on any atom is -0.152 e. The van der Waals surface area contributed by atoms with Gasteiger partial charge in [-0.3, -0.25) is 0 Å². The van der Waals surface area contributed by atoms with Gasteiger partial charge in [-0.05, 0) is 45.7 Å². The summed E-state index contributed by atoms with van der Waals surface area (Å²) in [4.78, 5) is 1.48. The molecule has 0 atom stereocenters. The van der Waals surface area contributed by atoms with Crippen LogP contribution in [0.5, 0.6) is 0 Å². The highest BCUT2D eigenvalue weighted by molar-refractivity contribution is 7.10. The average molecular weight is 345 g/mol. The van der Waals surface area contributed by atoms with Gasteiger partial charge in [0.2, 0.25) is 0 Å². The van der Waals surface area contributed by atoms with E-state index in [2.05, 4.69) is 62.0 Å². The molecule has 0 amide bonds. The molecule has 0 aliphatic carbocycles. The molecule has 0 saturated carbocycles. The highest BCUT2D eigenvalue weighted by atomic mass is 32.1. The lowest BCUT2D eigenvalue weighted by atomic mass is 10.1. The summed E-state index contributed by atoms with van der Waals surface area (Å²) >= 11 is 3.60. The van der Waals surface area contributed by atoms with Gasteiger partial charge in [0.15, 0.2) is 0 Å². The zero-order valence-electron chi connectivity index (χ0n) is 14.4. The third-order valence-electron chi connectivity index (χ3n) is 2.32. The lowest BCUT2D eigenvalue weighted by Gasteiger charge is -1.96. The van der Waals surface area contributed by atoms with Crippen LogP contribution in [-0.2, 0) is 0 Å². The SMILES string of the molecule is C.C.CC.CC.CC(C)c1cccs1.CC(C)c1ccsc1. The van der Waals surface area contributed by atoms with E-state index in [1.54, 1.807) is 11.3 Å². The molecule has 22 heavy (non-hydrogen) atoms. The van der Waals surface area contributed by atoms with Crippen molar-refractivity contribution in [2.45, 2.75) is 82.1 Å². The first kappa shape index (κ1) is 29.4. The van der Waals surface area contributed by atoms with E-state index in [0.717, 1.165) is 0 Å². The molecule has 2 rings (SSSR count). The van der Waals surface area contributed by atoms with Gasteiger partial charge in [-0.25, -0.2) is 0 Å². The third-order valence-corrected chi connectivity index (χ3v) is 4.20. The number of hydrogen-bond donors (Lipinski definition) is 0. The fourth-order valence-electron chi connectivity index (χ4n) is 1.22. The van der Waals surface area contributed by atoms with Crippen molar-refractivity contribution in [3.05, 3.63) is 44.8 Å². The monoisotopic (exact) mass is 344 g/mol. The topological polar surface area (TPSA) is 0 Å². The van der Waals surface area contributed by atoms with Crippen molar-refractivity contribution in [3.63, 3.8) is 0 Å². The van der Waals surface area contributed by atoms with Gasteiger partial charge in [0.1, 0.15) is 0 Å². The molecule has 2 heteroatoms. The van der Waals surface area contributed by atoms with Crippen molar-refractivity contribution in [2.75, 3.05) is 0 Å². The Morgan fingerprint density at radius 3 is 1.50 bits per heavy atom. The Balaban J connectivity index is -0.000000112. The van der Waals surface area contributed by atoms with E-state index in [4.69, 9.17) is 0 Å². The van der Waals surface area contributed by atoms with Crippen LogP contribution in [-0.4, -0.2) is 0 Å². The molecule has 0 N–H and O–H groups in total.